The van der Waals surface area contributed by atoms with Crippen LogP contribution in [0, 0.1) is 18.6 Å². The molecule has 0 bridgehead atoms. The summed E-state index contributed by atoms with van der Waals surface area (Å²) in [4.78, 5) is 0. The number of nitrogens with one attached hydrogen (secondary N) is 1. The van der Waals surface area contributed by atoms with Crippen LogP contribution in [0.1, 0.15) is 11.4 Å². The predicted octanol–water partition coefficient (Wildman–Crippen LogP) is 2.16. The van der Waals surface area contributed by atoms with Crippen LogP contribution in [0.25, 0.3) is 11.1 Å². The van der Waals surface area contributed by atoms with Gasteiger partial charge in [0.05, 0.1) is 5.69 Å². The lowest BCUT2D eigenvalue weighted by atomic mass is 10.0. The van der Waals surface area contributed by atoms with Crippen molar-refractivity contribution in [1.29, 1.82) is 0 Å². The Morgan fingerprint density at radius 2 is 2.06 bits per heavy atom. The summed E-state index contributed by atoms with van der Waals surface area (Å²) in [6.45, 7) is 2.30. The molecule has 3 N–H and O–H groups in total. The van der Waals surface area contributed by atoms with Gasteiger partial charge in [-0.3, -0.25) is 5.10 Å². The summed E-state index contributed by atoms with van der Waals surface area (Å²) in [7, 11) is 0. The summed E-state index contributed by atoms with van der Waals surface area (Å²) in [5.74, 6) is -1.71. The number of aromatic nitrogens is 2. The number of nitrogens with zero attached hydrogens (tertiary/aromatic N) is 1. The molecule has 0 saturated carbocycles. The molecule has 17 heavy (non-hydrogen) atoms. The van der Waals surface area contributed by atoms with Crippen molar-refractivity contribution in [2.24, 2.45) is 5.73 Å². The van der Waals surface area contributed by atoms with Crippen LogP contribution in [-0.2, 0) is 6.42 Å². The van der Waals surface area contributed by atoms with Gasteiger partial charge in [-0.1, -0.05) is 6.07 Å². The largest absolute Gasteiger partial charge is 0.330 e. The third kappa shape index (κ3) is 2.19. The summed E-state index contributed by atoms with van der Waals surface area (Å²) >= 11 is 0. The van der Waals surface area contributed by atoms with E-state index in [4.69, 9.17) is 5.73 Å². The van der Waals surface area contributed by atoms with Gasteiger partial charge in [0, 0.05) is 17.7 Å². The van der Waals surface area contributed by atoms with E-state index in [1.807, 2.05) is 6.92 Å². The number of H-pyrrole nitrogens is 1. The van der Waals surface area contributed by atoms with Crippen molar-refractivity contribution >= 4 is 0 Å². The second-order valence-electron chi connectivity index (χ2n) is 3.84. The van der Waals surface area contributed by atoms with Crippen molar-refractivity contribution in [2.45, 2.75) is 13.3 Å². The molecule has 0 spiro atoms. The maximum absolute atomic E-state index is 13.2. The van der Waals surface area contributed by atoms with E-state index in [-0.39, 0.29) is 0 Å². The van der Waals surface area contributed by atoms with Gasteiger partial charge in [-0.2, -0.15) is 5.10 Å². The first-order valence-electron chi connectivity index (χ1n) is 5.33. The number of rotatable bonds is 3. The highest BCUT2D eigenvalue weighted by atomic mass is 19.2. The third-order valence-electron chi connectivity index (χ3n) is 2.61. The van der Waals surface area contributed by atoms with Crippen LogP contribution in [0.15, 0.2) is 18.2 Å². The summed E-state index contributed by atoms with van der Waals surface area (Å²) in [5.41, 5.74) is 8.49. The van der Waals surface area contributed by atoms with Crippen LogP contribution in [0.2, 0.25) is 0 Å². The van der Waals surface area contributed by atoms with Crippen molar-refractivity contribution in [1.82, 2.24) is 10.2 Å². The van der Waals surface area contributed by atoms with Gasteiger partial charge in [-0.15, -0.1) is 0 Å². The first kappa shape index (κ1) is 11.7. The van der Waals surface area contributed by atoms with Gasteiger partial charge in [0.15, 0.2) is 11.6 Å². The van der Waals surface area contributed by atoms with Crippen LogP contribution in [0.3, 0.4) is 0 Å². The third-order valence-corrected chi connectivity index (χ3v) is 2.61. The number of nitrogens with two attached hydrogens (primary N) is 1. The fourth-order valence-electron chi connectivity index (χ4n) is 1.83. The number of aromatic amines is 1. The molecule has 1 aromatic heterocycles. The molecule has 2 rings (SSSR count). The Labute approximate surface area is 97.7 Å². The van der Waals surface area contributed by atoms with Gasteiger partial charge in [0.1, 0.15) is 0 Å². The Hall–Kier alpha value is -1.75. The highest BCUT2D eigenvalue weighted by Gasteiger charge is 2.13. The number of hydrogen-bond acceptors (Lipinski definition) is 2. The van der Waals surface area contributed by atoms with E-state index in [1.165, 1.54) is 12.1 Å². The molecule has 0 aliphatic rings. The molecule has 5 heteroatoms. The molecule has 0 fully saturated rings. The van der Waals surface area contributed by atoms with Crippen molar-refractivity contribution in [3.05, 3.63) is 41.2 Å². The summed E-state index contributed by atoms with van der Waals surface area (Å²) in [6.07, 6.45) is 0.596. The molecular weight excluding hydrogens is 224 g/mol. The van der Waals surface area contributed by atoms with Crippen LogP contribution in [0.4, 0.5) is 8.78 Å². The van der Waals surface area contributed by atoms with E-state index >= 15 is 0 Å². The first-order valence-corrected chi connectivity index (χ1v) is 5.33. The molecule has 0 saturated heterocycles. The fraction of sp³-hybridized carbons (Fsp3) is 0.250. The Morgan fingerprint density at radius 1 is 1.29 bits per heavy atom. The predicted molar refractivity (Wildman–Crippen MR) is 61.4 cm³/mol. The van der Waals surface area contributed by atoms with Gasteiger partial charge in [0.25, 0.3) is 0 Å². The quantitative estimate of drug-likeness (QED) is 0.859. The average Bonchev–Trinajstić information content (AvgIpc) is 2.65. The Kier molecular flexibility index (Phi) is 3.19. The molecule has 2 aromatic rings. The summed E-state index contributed by atoms with van der Waals surface area (Å²) in [6, 6.07) is 3.83. The molecule has 3 nitrogen and oxygen atoms in total. The highest BCUT2D eigenvalue weighted by Crippen LogP contribution is 2.27. The minimum absolute atomic E-state index is 0.459. The van der Waals surface area contributed by atoms with E-state index in [0.29, 0.717) is 18.5 Å². The van der Waals surface area contributed by atoms with Crippen molar-refractivity contribution in [3.8, 4) is 11.1 Å². The number of aryl methyl sites for hydroxylation is 1. The normalized spacial score (nSPS) is 10.8. The van der Waals surface area contributed by atoms with E-state index in [9.17, 15) is 8.78 Å². The molecular formula is C12H13F2N3. The topological polar surface area (TPSA) is 54.7 Å². The number of benzene rings is 1. The average molecular weight is 237 g/mol. The second-order valence-corrected chi connectivity index (χ2v) is 3.84. The monoisotopic (exact) mass is 237 g/mol. The van der Waals surface area contributed by atoms with Crippen LogP contribution >= 0.6 is 0 Å². The standard InChI is InChI=1S/C12H13F2N3/c1-7-12(11(4-5-15)17-16-7)8-2-3-9(13)10(14)6-8/h2-3,6H,4-5,15H2,1H3,(H,16,17). The molecule has 1 heterocycles. The number of hydrogen-bond donors (Lipinski definition) is 2. The smallest absolute Gasteiger partial charge is 0.159 e. The Morgan fingerprint density at radius 3 is 2.71 bits per heavy atom. The van der Waals surface area contributed by atoms with E-state index in [2.05, 4.69) is 10.2 Å². The Balaban J connectivity index is 2.51. The summed E-state index contributed by atoms with van der Waals surface area (Å²) in [5, 5.41) is 6.95. The molecule has 0 atom stereocenters. The molecule has 0 radical (unpaired) electrons. The maximum atomic E-state index is 13.2. The highest BCUT2D eigenvalue weighted by molar-refractivity contribution is 5.68. The van der Waals surface area contributed by atoms with Crippen LogP contribution in [-0.4, -0.2) is 16.7 Å². The van der Waals surface area contributed by atoms with Crippen molar-refractivity contribution < 1.29 is 8.78 Å². The van der Waals surface area contributed by atoms with Gasteiger partial charge in [-0.25, -0.2) is 8.78 Å². The lowest BCUT2D eigenvalue weighted by Crippen LogP contribution is -2.04. The molecule has 0 aliphatic carbocycles. The van der Waals surface area contributed by atoms with Gasteiger partial charge in [-0.05, 0) is 31.2 Å². The van der Waals surface area contributed by atoms with Crippen molar-refractivity contribution in [3.63, 3.8) is 0 Å². The SMILES string of the molecule is Cc1[nH]nc(CCN)c1-c1ccc(F)c(F)c1. The van der Waals surface area contributed by atoms with Crippen LogP contribution in [0.5, 0.6) is 0 Å². The second kappa shape index (κ2) is 4.63. The molecule has 0 unspecified atom stereocenters. The zero-order valence-electron chi connectivity index (χ0n) is 9.43. The molecule has 1 aromatic carbocycles. The van der Waals surface area contributed by atoms with Gasteiger partial charge in [0.2, 0.25) is 0 Å². The van der Waals surface area contributed by atoms with E-state index in [1.54, 1.807) is 0 Å². The molecule has 0 amide bonds. The lowest BCUT2D eigenvalue weighted by molar-refractivity contribution is 0.509. The van der Waals surface area contributed by atoms with E-state index < -0.39 is 11.6 Å². The van der Waals surface area contributed by atoms with Crippen LogP contribution < -0.4 is 5.73 Å². The molecule has 90 valence electrons. The number of halogens is 2. The molecule has 0 aliphatic heterocycles. The minimum Gasteiger partial charge on any atom is -0.330 e. The fourth-order valence-corrected chi connectivity index (χ4v) is 1.83. The van der Waals surface area contributed by atoms with E-state index in [0.717, 1.165) is 23.0 Å². The lowest BCUT2D eigenvalue weighted by Gasteiger charge is -2.04. The van der Waals surface area contributed by atoms with Gasteiger partial charge < -0.3 is 5.73 Å². The van der Waals surface area contributed by atoms with Gasteiger partial charge >= 0.3 is 0 Å². The maximum Gasteiger partial charge on any atom is 0.159 e. The summed E-state index contributed by atoms with van der Waals surface area (Å²) < 4.78 is 26.1. The zero-order valence-corrected chi connectivity index (χ0v) is 9.43. The first-order chi connectivity index (χ1) is 8.13. The van der Waals surface area contributed by atoms with Crippen molar-refractivity contribution in [2.75, 3.05) is 6.54 Å². The zero-order chi connectivity index (χ0) is 12.4. The minimum atomic E-state index is -0.859. The Bertz CT molecular complexity index is 535.